The molecule has 0 amide bonds. The SMILES string of the molecule is O=C(O)C1CCC(c2nc(NCc3cccnc3)c3c(n2)[nH]c2ccccc23)CC1. The number of nitrogens with zero attached hydrogens (tertiary/aromatic N) is 3. The topological polar surface area (TPSA) is 104 Å². The zero-order valence-electron chi connectivity index (χ0n) is 16.5. The summed E-state index contributed by atoms with van der Waals surface area (Å²) in [5.74, 6) is 0.819. The lowest BCUT2D eigenvalue weighted by Crippen LogP contribution is -2.21. The number of para-hydroxylation sites is 1. The monoisotopic (exact) mass is 401 g/mol. The Hall–Kier alpha value is -3.48. The van der Waals surface area contributed by atoms with Gasteiger partial charge in [0.15, 0.2) is 0 Å². The Bertz CT molecular complexity index is 1200. The largest absolute Gasteiger partial charge is 0.481 e. The number of aromatic nitrogens is 4. The van der Waals surface area contributed by atoms with Crippen LogP contribution in [0.1, 0.15) is 43.0 Å². The number of benzene rings is 1. The zero-order valence-corrected chi connectivity index (χ0v) is 16.5. The molecule has 1 aliphatic carbocycles. The van der Waals surface area contributed by atoms with E-state index in [1.54, 1.807) is 6.20 Å². The van der Waals surface area contributed by atoms with Crippen LogP contribution in [-0.4, -0.2) is 31.0 Å². The smallest absolute Gasteiger partial charge is 0.306 e. The fraction of sp³-hybridized carbons (Fsp3) is 0.304. The molecule has 0 bridgehead atoms. The number of rotatable bonds is 5. The molecule has 0 unspecified atom stereocenters. The predicted molar refractivity (Wildman–Crippen MR) is 115 cm³/mol. The van der Waals surface area contributed by atoms with E-state index in [4.69, 9.17) is 9.97 Å². The summed E-state index contributed by atoms with van der Waals surface area (Å²) in [4.78, 5) is 28.7. The van der Waals surface area contributed by atoms with Crippen LogP contribution in [0, 0.1) is 5.92 Å². The van der Waals surface area contributed by atoms with Gasteiger partial charge in [0, 0.05) is 35.8 Å². The second kappa shape index (κ2) is 7.74. The van der Waals surface area contributed by atoms with Crippen molar-refractivity contribution in [3.05, 3.63) is 60.2 Å². The number of H-pyrrole nitrogens is 1. The molecule has 4 aromatic rings. The normalized spacial score (nSPS) is 19.2. The first-order valence-corrected chi connectivity index (χ1v) is 10.3. The van der Waals surface area contributed by atoms with Crippen molar-refractivity contribution in [1.82, 2.24) is 19.9 Å². The molecule has 0 radical (unpaired) electrons. The van der Waals surface area contributed by atoms with Crippen LogP contribution in [0.4, 0.5) is 5.82 Å². The van der Waals surface area contributed by atoms with E-state index >= 15 is 0 Å². The Labute approximate surface area is 173 Å². The van der Waals surface area contributed by atoms with E-state index in [1.165, 1.54) is 0 Å². The highest BCUT2D eigenvalue weighted by Crippen LogP contribution is 2.37. The van der Waals surface area contributed by atoms with Crippen molar-refractivity contribution in [1.29, 1.82) is 0 Å². The van der Waals surface area contributed by atoms with Crippen LogP contribution in [0.15, 0.2) is 48.8 Å². The summed E-state index contributed by atoms with van der Waals surface area (Å²) in [6, 6.07) is 12.1. The standard InChI is InChI=1S/C23H23N5O2/c29-23(30)16-9-7-15(8-10-16)20-27-21(25-13-14-4-3-11-24-12-14)19-17-5-1-2-6-18(17)26-22(19)28-20/h1-6,11-12,15-16H,7-10,13H2,(H,29,30)(H2,25,26,27,28). The number of fused-ring (bicyclic) bond motifs is 3. The summed E-state index contributed by atoms with van der Waals surface area (Å²) in [6.45, 7) is 0.616. The molecule has 7 heteroatoms. The number of anilines is 1. The Morgan fingerprint density at radius 2 is 1.93 bits per heavy atom. The van der Waals surface area contributed by atoms with E-state index in [2.05, 4.69) is 21.4 Å². The minimum atomic E-state index is -0.695. The van der Waals surface area contributed by atoms with Crippen LogP contribution in [0.5, 0.6) is 0 Å². The highest BCUT2D eigenvalue weighted by Gasteiger charge is 2.29. The Balaban J connectivity index is 1.52. The predicted octanol–water partition coefficient (Wildman–Crippen LogP) is 4.48. The first-order chi connectivity index (χ1) is 14.7. The first-order valence-electron chi connectivity index (χ1n) is 10.3. The number of hydrogen-bond donors (Lipinski definition) is 3. The average molecular weight is 401 g/mol. The lowest BCUT2D eigenvalue weighted by Gasteiger charge is -2.25. The molecule has 3 aromatic heterocycles. The molecule has 5 rings (SSSR count). The third-order valence-corrected chi connectivity index (χ3v) is 6.00. The lowest BCUT2D eigenvalue weighted by atomic mass is 9.81. The van der Waals surface area contributed by atoms with Gasteiger partial charge in [0.1, 0.15) is 17.3 Å². The molecule has 0 spiro atoms. The average Bonchev–Trinajstić information content (AvgIpc) is 3.17. The summed E-state index contributed by atoms with van der Waals surface area (Å²) >= 11 is 0. The van der Waals surface area contributed by atoms with E-state index in [0.717, 1.165) is 52.0 Å². The molecule has 1 aliphatic rings. The molecular formula is C23H23N5O2. The van der Waals surface area contributed by atoms with Gasteiger partial charge in [-0.2, -0.15) is 0 Å². The van der Waals surface area contributed by atoms with Gasteiger partial charge >= 0.3 is 5.97 Å². The highest BCUT2D eigenvalue weighted by atomic mass is 16.4. The van der Waals surface area contributed by atoms with Crippen molar-refractivity contribution in [3.8, 4) is 0 Å². The molecule has 1 fully saturated rings. The number of aromatic amines is 1. The number of aliphatic carboxylic acids is 1. The first kappa shape index (κ1) is 18.5. The number of carboxylic acids is 1. The zero-order chi connectivity index (χ0) is 20.5. The number of nitrogens with one attached hydrogen (secondary N) is 2. The van der Waals surface area contributed by atoms with Crippen LogP contribution in [0.3, 0.4) is 0 Å². The lowest BCUT2D eigenvalue weighted by molar-refractivity contribution is -0.142. The maximum Gasteiger partial charge on any atom is 0.306 e. The van der Waals surface area contributed by atoms with Crippen molar-refractivity contribution in [2.24, 2.45) is 5.92 Å². The summed E-state index contributed by atoms with van der Waals surface area (Å²) in [5, 5.41) is 14.8. The molecule has 30 heavy (non-hydrogen) atoms. The number of hydrogen-bond acceptors (Lipinski definition) is 5. The number of carboxylic acid groups (broad SMARTS) is 1. The molecule has 0 saturated heterocycles. The van der Waals surface area contributed by atoms with E-state index in [-0.39, 0.29) is 11.8 Å². The Morgan fingerprint density at radius 3 is 2.70 bits per heavy atom. The fourth-order valence-electron chi connectivity index (χ4n) is 4.36. The second-order valence-electron chi connectivity index (χ2n) is 7.93. The van der Waals surface area contributed by atoms with E-state index in [9.17, 15) is 9.90 Å². The van der Waals surface area contributed by atoms with E-state index in [0.29, 0.717) is 19.4 Å². The molecule has 1 saturated carbocycles. The quantitative estimate of drug-likeness (QED) is 0.456. The highest BCUT2D eigenvalue weighted by molar-refractivity contribution is 6.11. The Morgan fingerprint density at radius 1 is 1.10 bits per heavy atom. The van der Waals surface area contributed by atoms with Gasteiger partial charge in [-0.25, -0.2) is 9.97 Å². The maximum atomic E-state index is 11.3. The third-order valence-electron chi connectivity index (χ3n) is 6.00. The molecule has 0 aliphatic heterocycles. The summed E-state index contributed by atoms with van der Waals surface area (Å²) in [5.41, 5.74) is 2.92. The Kier molecular flexibility index (Phi) is 4.78. The minimum absolute atomic E-state index is 0.176. The summed E-state index contributed by atoms with van der Waals surface area (Å²) in [6.07, 6.45) is 6.54. The molecule has 3 heterocycles. The van der Waals surface area contributed by atoms with Gasteiger partial charge in [-0.15, -0.1) is 0 Å². The van der Waals surface area contributed by atoms with Gasteiger partial charge in [0.2, 0.25) is 0 Å². The van der Waals surface area contributed by atoms with Gasteiger partial charge in [-0.1, -0.05) is 24.3 Å². The van der Waals surface area contributed by atoms with Crippen molar-refractivity contribution in [3.63, 3.8) is 0 Å². The molecule has 1 aromatic carbocycles. The van der Waals surface area contributed by atoms with Crippen LogP contribution >= 0.6 is 0 Å². The molecular weight excluding hydrogens is 378 g/mol. The van der Waals surface area contributed by atoms with Gasteiger partial charge < -0.3 is 15.4 Å². The van der Waals surface area contributed by atoms with Gasteiger partial charge in [-0.05, 0) is 43.4 Å². The van der Waals surface area contributed by atoms with Crippen molar-refractivity contribution < 1.29 is 9.90 Å². The second-order valence-corrected chi connectivity index (χ2v) is 7.93. The maximum absolute atomic E-state index is 11.3. The fourth-order valence-corrected chi connectivity index (χ4v) is 4.36. The molecule has 0 atom stereocenters. The molecule has 3 N–H and O–H groups in total. The number of pyridine rings is 1. The number of carbonyl (C=O) groups is 1. The van der Waals surface area contributed by atoms with E-state index in [1.807, 2.05) is 36.5 Å². The van der Waals surface area contributed by atoms with E-state index < -0.39 is 5.97 Å². The summed E-state index contributed by atoms with van der Waals surface area (Å²) in [7, 11) is 0. The van der Waals surface area contributed by atoms with Gasteiger partial charge in [-0.3, -0.25) is 9.78 Å². The van der Waals surface area contributed by atoms with Crippen LogP contribution in [0.2, 0.25) is 0 Å². The summed E-state index contributed by atoms with van der Waals surface area (Å²) < 4.78 is 0. The van der Waals surface area contributed by atoms with Crippen LogP contribution < -0.4 is 5.32 Å². The van der Waals surface area contributed by atoms with Crippen molar-refractivity contribution in [2.75, 3.05) is 5.32 Å². The minimum Gasteiger partial charge on any atom is -0.481 e. The molecule has 7 nitrogen and oxygen atoms in total. The molecule has 152 valence electrons. The van der Waals surface area contributed by atoms with Crippen molar-refractivity contribution in [2.45, 2.75) is 38.1 Å². The third kappa shape index (κ3) is 3.47. The van der Waals surface area contributed by atoms with Crippen LogP contribution in [-0.2, 0) is 11.3 Å². The van der Waals surface area contributed by atoms with Gasteiger partial charge in [0.05, 0.1) is 11.3 Å². The van der Waals surface area contributed by atoms with Crippen LogP contribution in [0.25, 0.3) is 21.9 Å². The van der Waals surface area contributed by atoms with Gasteiger partial charge in [0.25, 0.3) is 0 Å². The van der Waals surface area contributed by atoms with Crippen molar-refractivity contribution >= 4 is 33.7 Å².